The molecule has 2 unspecified atom stereocenters. The van der Waals surface area contributed by atoms with E-state index in [1.165, 1.54) is 0 Å². The molecule has 0 saturated heterocycles. The molecule has 0 aliphatic heterocycles. The Balaban J connectivity index is 4.16. The summed E-state index contributed by atoms with van der Waals surface area (Å²) in [6.07, 6.45) is 1.12. The third-order valence-electron chi connectivity index (χ3n) is 2.34. The first-order valence-electron chi connectivity index (χ1n) is 5.12. The van der Waals surface area contributed by atoms with Crippen molar-refractivity contribution in [2.24, 2.45) is 5.73 Å². The van der Waals surface area contributed by atoms with Crippen LogP contribution < -0.4 is 11.1 Å². The van der Waals surface area contributed by atoms with Crippen molar-refractivity contribution in [1.29, 1.82) is 0 Å². The van der Waals surface area contributed by atoms with Gasteiger partial charge in [-0.05, 0) is 19.9 Å². The van der Waals surface area contributed by atoms with E-state index in [1.54, 1.807) is 11.8 Å². The van der Waals surface area contributed by atoms with Gasteiger partial charge in [0.25, 0.3) is 0 Å². The molecule has 0 fully saturated rings. The van der Waals surface area contributed by atoms with E-state index in [4.69, 9.17) is 5.73 Å². The van der Waals surface area contributed by atoms with Crippen molar-refractivity contribution in [2.75, 3.05) is 12.3 Å². The van der Waals surface area contributed by atoms with Crippen molar-refractivity contribution in [3.05, 3.63) is 0 Å². The van der Waals surface area contributed by atoms with E-state index < -0.39 is 5.54 Å². The number of thioether (sulfide) groups is 1. The average Bonchev–Trinajstić information content (AvgIpc) is 2.14. The van der Waals surface area contributed by atoms with E-state index in [9.17, 15) is 4.79 Å². The molecule has 0 aromatic heterocycles. The summed E-state index contributed by atoms with van der Waals surface area (Å²) >= 11 is 1.79. The molecule has 3 N–H and O–H groups in total. The zero-order valence-corrected chi connectivity index (χ0v) is 10.4. The predicted molar refractivity (Wildman–Crippen MR) is 63.5 cm³/mol. The van der Waals surface area contributed by atoms with E-state index in [2.05, 4.69) is 19.2 Å². The van der Waals surface area contributed by atoms with Gasteiger partial charge in [-0.15, -0.1) is 0 Å². The molecule has 0 rings (SSSR count). The zero-order chi connectivity index (χ0) is 11.2. The number of carbonyl (C=O) groups excluding carboxylic acids is 1. The van der Waals surface area contributed by atoms with Crippen LogP contribution in [0.25, 0.3) is 0 Å². The Morgan fingerprint density at radius 3 is 2.50 bits per heavy atom. The van der Waals surface area contributed by atoms with Gasteiger partial charge in [0.1, 0.15) is 5.54 Å². The number of nitrogens with one attached hydrogen (secondary N) is 1. The highest BCUT2D eigenvalue weighted by atomic mass is 32.2. The first-order valence-corrected chi connectivity index (χ1v) is 6.17. The van der Waals surface area contributed by atoms with Gasteiger partial charge in [-0.1, -0.05) is 20.8 Å². The van der Waals surface area contributed by atoms with Crippen molar-refractivity contribution in [2.45, 2.75) is 44.9 Å². The summed E-state index contributed by atoms with van der Waals surface area (Å²) < 4.78 is 0. The summed E-state index contributed by atoms with van der Waals surface area (Å²) in [7, 11) is 0. The summed E-state index contributed by atoms with van der Waals surface area (Å²) in [4.78, 5) is 11.3. The molecular weight excluding hydrogens is 196 g/mol. The van der Waals surface area contributed by atoms with Crippen LogP contribution in [-0.2, 0) is 4.79 Å². The minimum atomic E-state index is -0.567. The third-order valence-corrected chi connectivity index (χ3v) is 3.99. The lowest BCUT2D eigenvalue weighted by Crippen LogP contribution is -2.55. The number of likely N-dealkylation sites (N-methyl/N-ethyl adjacent to an activating group) is 1. The Labute approximate surface area is 91.2 Å². The second kappa shape index (κ2) is 6.30. The molecule has 0 aromatic rings. The molecule has 0 aliphatic rings. The lowest BCUT2D eigenvalue weighted by atomic mass is 10.1. The Morgan fingerprint density at radius 2 is 2.14 bits per heavy atom. The topological polar surface area (TPSA) is 55.1 Å². The fourth-order valence-electron chi connectivity index (χ4n) is 1.03. The quantitative estimate of drug-likeness (QED) is 0.678. The molecule has 0 aliphatic carbocycles. The standard InChI is InChI=1S/C10H22N2OS/c1-5-8(3)14-7-10(4,9(11)13)12-6-2/h8,12H,5-7H2,1-4H3,(H2,11,13). The van der Waals surface area contributed by atoms with Crippen molar-refractivity contribution in [3.63, 3.8) is 0 Å². The van der Waals surface area contributed by atoms with Gasteiger partial charge < -0.3 is 11.1 Å². The fourth-order valence-corrected chi connectivity index (χ4v) is 2.12. The molecule has 4 heteroatoms. The van der Waals surface area contributed by atoms with E-state index >= 15 is 0 Å². The molecule has 2 atom stereocenters. The Kier molecular flexibility index (Phi) is 6.20. The number of amides is 1. The van der Waals surface area contributed by atoms with Crippen molar-refractivity contribution >= 4 is 17.7 Å². The molecule has 0 spiro atoms. The van der Waals surface area contributed by atoms with Crippen LogP contribution in [0.3, 0.4) is 0 Å². The van der Waals surface area contributed by atoms with E-state index in [0.29, 0.717) is 5.25 Å². The van der Waals surface area contributed by atoms with Gasteiger partial charge >= 0.3 is 0 Å². The smallest absolute Gasteiger partial charge is 0.238 e. The molecule has 1 amide bonds. The van der Waals surface area contributed by atoms with Crippen LogP contribution in [0.5, 0.6) is 0 Å². The zero-order valence-electron chi connectivity index (χ0n) is 9.59. The number of rotatable bonds is 7. The average molecular weight is 218 g/mol. The van der Waals surface area contributed by atoms with Crippen LogP contribution in [0.2, 0.25) is 0 Å². The summed E-state index contributed by atoms with van der Waals surface area (Å²) in [6, 6.07) is 0. The van der Waals surface area contributed by atoms with E-state index in [0.717, 1.165) is 18.7 Å². The minimum absolute atomic E-state index is 0.268. The molecule has 14 heavy (non-hydrogen) atoms. The van der Waals surface area contributed by atoms with E-state index in [1.807, 2.05) is 13.8 Å². The molecule has 0 heterocycles. The maximum absolute atomic E-state index is 11.3. The largest absolute Gasteiger partial charge is 0.368 e. The van der Waals surface area contributed by atoms with Crippen LogP contribution in [0.1, 0.15) is 34.1 Å². The lowest BCUT2D eigenvalue weighted by molar-refractivity contribution is -0.122. The first-order chi connectivity index (χ1) is 6.46. The summed E-state index contributed by atoms with van der Waals surface area (Å²) in [5, 5.41) is 3.72. The normalized spacial score (nSPS) is 17.4. The minimum Gasteiger partial charge on any atom is -0.368 e. The Hall–Kier alpha value is -0.220. The van der Waals surface area contributed by atoms with Gasteiger partial charge in [-0.2, -0.15) is 11.8 Å². The first kappa shape index (κ1) is 13.8. The second-order valence-electron chi connectivity index (χ2n) is 3.76. The summed E-state index contributed by atoms with van der Waals surface area (Å²) in [5.74, 6) is 0.473. The number of hydrogen-bond donors (Lipinski definition) is 2. The maximum atomic E-state index is 11.3. The van der Waals surface area contributed by atoms with Gasteiger partial charge in [0.15, 0.2) is 0 Å². The van der Waals surface area contributed by atoms with Crippen molar-refractivity contribution in [1.82, 2.24) is 5.32 Å². The Bertz CT molecular complexity index is 187. The monoisotopic (exact) mass is 218 g/mol. The van der Waals surface area contributed by atoms with Gasteiger partial charge in [0.05, 0.1) is 0 Å². The summed E-state index contributed by atoms with van der Waals surface area (Å²) in [5.41, 5.74) is 4.80. The fraction of sp³-hybridized carbons (Fsp3) is 0.900. The molecule has 0 bridgehead atoms. The van der Waals surface area contributed by atoms with Crippen LogP contribution >= 0.6 is 11.8 Å². The highest BCUT2D eigenvalue weighted by molar-refractivity contribution is 8.00. The number of carbonyl (C=O) groups is 1. The number of nitrogens with two attached hydrogens (primary N) is 1. The van der Waals surface area contributed by atoms with Crippen molar-refractivity contribution < 1.29 is 4.79 Å². The molecule has 3 nitrogen and oxygen atoms in total. The highest BCUT2D eigenvalue weighted by Crippen LogP contribution is 2.19. The van der Waals surface area contributed by atoms with Crippen LogP contribution in [0.4, 0.5) is 0 Å². The van der Waals surface area contributed by atoms with E-state index in [-0.39, 0.29) is 5.91 Å². The molecule has 0 radical (unpaired) electrons. The van der Waals surface area contributed by atoms with Crippen LogP contribution in [-0.4, -0.2) is 29.0 Å². The molecular formula is C10H22N2OS. The van der Waals surface area contributed by atoms with Gasteiger partial charge in [-0.25, -0.2) is 0 Å². The molecule has 0 saturated carbocycles. The van der Waals surface area contributed by atoms with Gasteiger partial charge in [-0.3, -0.25) is 4.79 Å². The maximum Gasteiger partial charge on any atom is 0.238 e. The third kappa shape index (κ3) is 4.33. The SMILES string of the molecule is CCNC(C)(CSC(C)CC)C(N)=O. The Morgan fingerprint density at radius 1 is 1.57 bits per heavy atom. The predicted octanol–water partition coefficient (Wildman–Crippen LogP) is 1.37. The molecule has 0 aromatic carbocycles. The lowest BCUT2D eigenvalue weighted by Gasteiger charge is -2.27. The highest BCUT2D eigenvalue weighted by Gasteiger charge is 2.30. The summed E-state index contributed by atoms with van der Waals surface area (Å²) in [6.45, 7) is 8.92. The van der Waals surface area contributed by atoms with Gasteiger partial charge in [0.2, 0.25) is 5.91 Å². The second-order valence-corrected chi connectivity index (χ2v) is 5.18. The van der Waals surface area contributed by atoms with Gasteiger partial charge in [0, 0.05) is 11.0 Å². The van der Waals surface area contributed by atoms with Crippen LogP contribution in [0.15, 0.2) is 0 Å². The molecule has 84 valence electrons. The number of primary amides is 1. The number of hydrogen-bond acceptors (Lipinski definition) is 3. The van der Waals surface area contributed by atoms with Crippen LogP contribution in [0, 0.1) is 0 Å². The van der Waals surface area contributed by atoms with Crippen molar-refractivity contribution in [3.8, 4) is 0 Å².